The number of hydrogen-bond donors (Lipinski definition) is 2. The molecule has 0 aliphatic rings. The lowest BCUT2D eigenvalue weighted by atomic mass is 10.2. The van der Waals surface area contributed by atoms with Gasteiger partial charge in [-0.2, -0.15) is 0 Å². The van der Waals surface area contributed by atoms with Crippen LogP contribution in [0.15, 0.2) is 47.4 Å². The Morgan fingerprint density at radius 1 is 1.19 bits per heavy atom. The molecule has 5 heteroatoms. The molecule has 0 heterocycles. The molecule has 0 fully saturated rings. The Balaban J connectivity index is 2.35. The Hall–Kier alpha value is -2.14. The Morgan fingerprint density at radius 3 is 2.57 bits per heavy atom. The minimum Gasteiger partial charge on any atom is -0.494 e. The molecule has 0 radical (unpaired) electrons. The molecule has 0 unspecified atom stereocenters. The van der Waals surface area contributed by atoms with Crippen LogP contribution in [0.4, 0.5) is 0 Å². The van der Waals surface area contributed by atoms with Crippen LogP contribution in [-0.4, -0.2) is 18.7 Å². The minimum absolute atomic E-state index is 0.00378. The SMILES string of the molecule is CCOc1cccc(Oc2cccc(SC)c2C(=N)N)c1. The van der Waals surface area contributed by atoms with Gasteiger partial charge in [-0.1, -0.05) is 12.1 Å². The Kier molecular flexibility index (Phi) is 5.11. The van der Waals surface area contributed by atoms with E-state index in [1.165, 1.54) is 11.8 Å². The minimum atomic E-state index is -0.00378. The third-order valence-electron chi connectivity index (χ3n) is 2.82. The molecule has 0 aromatic heterocycles. The number of benzene rings is 2. The summed E-state index contributed by atoms with van der Waals surface area (Å²) in [6.07, 6.45) is 1.95. The summed E-state index contributed by atoms with van der Waals surface area (Å²) in [5, 5.41) is 7.75. The lowest BCUT2D eigenvalue weighted by Gasteiger charge is -2.14. The number of amidine groups is 1. The molecular weight excluding hydrogens is 284 g/mol. The zero-order valence-corrected chi connectivity index (χ0v) is 12.9. The van der Waals surface area contributed by atoms with Gasteiger partial charge in [0.2, 0.25) is 0 Å². The molecule has 0 saturated carbocycles. The highest BCUT2D eigenvalue weighted by molar-refractivity contribution is 7.98. The van der Waals surface area contributed by atoms with Gasteiger partial charge in [0.05, 0.1) is 12.2 Å². The highest BCUT2D eigenvalue weighted by Crippen LogP contribution is 2.32. The van der Waals surface area contributed by atoms with E-state index in [0.717, 1.165) is 10.6 Å². The van der Waals surface area contributed by atoms with E-state index in [9.17, 15) is 0 Å². The maximum Gasteiger partial charge on any atom is 0.139 e. The number of thioether (sulfide) groups is 1. The average molecular weight is 302 g/mol. The van der Waals surface area contributed by atoms with Gasteiger partial charge in [0, 0.05) is 11.0 Å². The molecule has 4 nitrogen and oxygen atoms in total. The van der Waals surface area contributed by atoms with Crippen molar-refractivity contribution in [1.29, 1.82) is 5.41 Å². The van der Waals surface area contributed by atoms with Gasteiger partial charge < -0.3 is 15.2 Å². The predicted molar refractivity (Wildman–Crippen MR) is 86.9 cm³/mol. The van der Waals surface area contributed by atoms with E-state index in [2.05, 4.69) is 0 Å². The van der Waals surface area contributed by atoms with E-state index < -0.39 is 0 Å². The zero-order chi connectivity index (χ0) is 15.2. The van der Waals surface area contributed by atoms with Crippen LogP contribution in [0.3, 0.4) is 0 Å². The molecule has 2 aromatic rings. The lowest BCUT2D eigenvalue weighted by molar-refractivity contribution is 0.338. The molecule has 0 aliphatic carbocycles. The van der Waals surface area contributed by atoms with Crippen molar-refractivity contribution in [3.63, 3.8) is 0 Å². The Morgan fingerprint density at radius 2 is 1.90 bits per heavy atom. The summed E-state index contributed by atoms with van der Waals surface area (Å²) in [4.78, 5) is 0.918. The summed E-state index contributed by atoms with van der Waals surface area (Å²) < 4.78 is 11.3. The summed E-state index contributed by atoms with van der Waals surface area (Å²) in [5.74, 6) is 1.97. The zero-order valence-electron chi connectivity index (χ0n) is 12.1. The summed E-state index contributed by atoms with van der Waals surface area (Å²) in [7, 11) is 0. The van der Waals surface area contributed by atoms with Crippen molar-refractivity contribution in [3.8, 4) is 17.2 Å². The molecule has 0 saturated heterocycles. The van der Waals surface area contributed by atoms with Gasteiger partial charge in [0.15, 0.2) is 0 Å². The summed E-state index contributed by atoms with van der Waals surface area (Å²) in [5.41, 5.74) is 6.30. The van der Waals surface area contributed by atoms with Gasteiger partial charge in [0.25, 0.3) is 0 Å². The second-order valence-electron chi connectivity index (χ2n) is 4.26. The Labute approximate surface area is 128 Å². The largest absolute Gasteiger partial charge is 0.494 e. The average Bonchev–Trinajstić information content (AvgIpc) is 2.47. The standard InChI is InChI=1S/C16H18N2O2S/c1-3-19-11-6-4-7-12(10-11)20-13-8-5-9-14(21-2)15(13)16(17)18/h4-10H,3H2,1-2H3,(H3,17,18). The molecule has 0 aliphatic heterocycles. The van der Waals surface area contributed by atoms with Crippen molar-refractivity contribution >= 4 is 17.6 Å². The number of rotatable bonds is 6. The fourth-order valence-electron chi connectivity index (χ4n) is 1.95. The van der Waals surface area contributed by atoms with Crippen molar-refractivity contribution in [3.05, 3.63) is 48.0 Å². The second kappa shape index (κ2) is 7.04. The van der Waals surface area contributed by atoms with E-state index in [1.807, 2.05) is 55.6 Å². The van der Waals surface area contributed by atoms with E-state index in [-0.39, 0.29) is 5.84 Å². The molecule has 0 bridgehead atoms. The van der Waals surface area contributed by atoms with E-state index in [4.69, 9.17) is 20.6 Å². The van der Waals surface area contributed by atoms with E-state index in [0.29, 0.717) is 23.7 Å². The lowest BCUT2D eigenvalue weighted by Crippen LogP contribution is -2.13. The first-order chi connectivity index (χ1) is 10.2. The summed E-state index contributed by atoms with van der Waals surface area (Å²) >= 11 is 1.53. The van der Waals surface area contributed by atoms with Crippen LogP contribution in [0.2, 0.25) is 0 Å². The smallest absolute Gasteiger partial charge is 0.139 e. The number of nitrogen functional groups attached to an aromatic ring is 1. The van der Waals surface area contributed by atoms with Crippen LogP contribution in [0.25, 0.3) is 0 Å². The first-order valence-electron chi connectivity index (χ1n) is 6.57. The molecule has 21 heavy (non-hydrogen) atoms. The molecule has 0 amide bonds. The van der Waals surface area contributed by atoms with Crippen molar-refractivity contribution in [2.45, 2.75) is 11.8 Å². The highest BCUT2D eigenvalue weighted by Gasteiger charge is 2.13. The van der Waals surface area contributed by atoms with Crippen LogP contribution >= 0.6 is 11.8 Å². The summed E-state index contributed by atoms with van der Waals surface area (Å²) in [6, 6.07) is 13.0. The number of hydrogen-bond acceptors (Lipinski definition) is 4. The highest BCUT2D eigenvalue weighted by atomic mass is 32.2. The second-order valence-corrected chi connectivity index (χ2v) is 5.11. The van der Waals surface area contributed by atoms with Crippen LogP contribution in [0.5, 0.6) is 17.2 Å². The molecule has 3 N–H and O–H groups in total. The first-order valence-corrected chi connectivity index (χ1v) is 7.80. The molecular formula is C16H18N2O2S. The number of nitrogens with one attached hydrogen (secondary N) is 1. The fraction of sp³-hybridized carbons (Fsp3) is 0.188. The number of nitrogens with two attached hydrogens (primary N) is 1. The van der Waals surface area contributed by atoms with Crippen LogP contribution in [0, 0.1) is 5.41 Å². The van der Waals surface area contributed by atoms with Gasteiger partial charge in [-0.05, 0) is 37.4 Å². The van der Waals surface area contributed by atoms with Crippen LogP contribution in [0.1, 0.15) is 12.5 Å². The molecule has 0 spiro atoms. The third-order valence-corrected chi connectivity index (χ3v) is 3.60. The van der Waals surface area contributed by atoms with Gasteiger partial charge in [-0.3, -0.25) is 5.41 Å². The van der Waals surface area contributed by atoms with Crippen molar-refractivity contribution in [1.82, 2.24) is 0 Å². The first kappa shape index (κ1) is 15.3. The normalized spacial score (nSPS) is 10.2. The van der Waals surface area contributed by atoms with E-state index in [1.54, 1.807) is 0 Å². The summed E-state index contributed by atoms with van der Waals surface area (Å²) in [6.45, 7) is 2.54. The predicted octanol–water partition coefficient (Wildman–Crippen LogP) is 3.88. The van der Waals surface area contributed by atoms with E-state index >= 15 is 0 Å². The van der Waals surface area contributed by atoms with Crippen molar-refractivity contribution in [2.24, 2.45) is 5.73 Å². The van der Waals surface area contributed by atoms with Crippen molar-refractivity contribution < 1.29 is 9.47 Å². The monoisotopic (exact) mass is 302 g/mol. The molecule has 0 atom stereocenters. The maximum atomic E-state index is 7.75. The topological polar surface area (TPSA) is 68.3 Å². The maximum absolute atomic E-state index is 7.75. The molecule has 2 rings (SSSR count). The van der Waals surface area contributed by atoms with Crippen LogP contribution in [-0.2, 0) is 0 Å². The molecule has 110 valence electrons. The van der Waals surface area contributed by atoms with Crippen molar-refractivity contribution in [2.75, 3.05) is 12.9 Å². The van der Waals surface area contributed by atoms with Gasteiger partial charge >= 0.3 is 0 Å². The van der Waals surface area contributed by atoms with Gasteiger partial charge in [-0.15, -0.1) is 11.8 Å². The fourth-order valence-corrected chi connectivity index (χ4v) is 2.58. The van der Waals surface area contributed by atoms with Gasteiger partial charge in [0.1, 0.15) is 23.1 Å². The van der Waals surface area contributed by atoms with Gasteiger partial charge in [-0.25, -0.2) is 0 Å². The molecule has 2 aromatic carbocycles. The number of ether oxygens (including phenoxy) is 2. The quantitative estimate of drug-likeness (QED) is 0.482. The van der Waals surface area contributed by atoms with Crippen LogP contribution < -0.4 is 15.2 Å². The Bertz CT molecular complexity index is 644. The third kappa shape index (κ3) is 3.70.